The van der Waals surface area contributed by atoms with Crippen LogP contribution in [0.25, 0.3) is 0 Å². The van der Waals surface area contributed by atoms with E-state index in [9.17, 15) is 4.79 Å². The maximum absolute atomic E-state index is 11.6. The van der Waals surface area contributed by atoms with Crippen molar-refractivity contribution in [2.24, 2.45) is 0 Å². The average Bonchev–Trinajstić information content (AvgIpc) is 2.68. The number of rotatable bonds is 10. The van der Waals surface area contributed by atoms with Gasteiger partial charge < -0.3 is 10.2 Å². The third-order valence-electron chi connectivity index (χ3n) is 3.85. The van der Waals surface area contributed by atoms with Crippen molar-refractivity contribution in [1.29, 1.82) is 0 Å². The van der Waals surface area contributed by atoms with Crippen LogP contribution in [0.5, 0.6) is 0 Å². The number of carbonyl (C=O) groups is 1. The van der Waals surface area contributed by atoms with Gasteiger partial charge in [0.2, 0.25) is 5.91 Å². The van der Waals surface area contributed by atoms with Gasteiger partial charge in [0, 0.05) is 13.6 Å². The molecule has 0 bridgehead atoms. The highest BCUT2D eigenvalue weighted by molar-refractivity contribution is 5.83. The highest BCUT2D eigenvalue weighted by Crippen LogP contribution is 2.10. The molecule has 1 heterocycles. The van der Waals surface area contributed by atoms with Crippen molar-refractivity contribution in [3.05, 3.63) is 0 Å². The normalized spacial score (nSPS) is 19.8. The van der Waals surface area contributed by atoms with Crippen molar-refractivity contribution in [2.45, 2.75) is 70.8 Å². The molecule has 0 radical (unpaired) electrons. The maximum atomic E-state index is 11.6. The average molecular weight is 254 g/mol. The largest absolute Gasteiger partial charge is 0.344 e. The third kappa shape index (κ3) is 5.85. The van der Waals surface area contributed by atoms with Gasteiger partial charge in [-0.3, -0.25) is 4.79 Å². The number of nitrogens with zero attached hydrogens (tertiary/aromatic N) is 1. The molecular formula is C15H30N2O. The van der Waals surface area contributed by atoms with Crippen LogP contribution in [0.1, 0.15) is 64.7 Å². The Hall–Kier alpha value is -0.570. The first kappa shape index (κ1) is 15.5. The molecule has 1 atom stereocenters. The van der Waals surface area contributed by atoms with Crippen LogP contribution in [-0.2, 0) is 4.79 Å². The fourth-order valence-electron chi connectivity index (χ4n) is 2.55. The van der Waals surface area contributed by atoms with Gasteiger partial charge in [-0.25, -0.2) is 0 Å². The van der Waals surface area contributed by atoms with Gasteiger partial charge in [0.05, 0.1) is 6.04 Å². The monoisotopic (exact) mass is 254 g/mol. The predicted molar refractivity (Wildman–Crippen MR) is 76.7 cm³/mol. The Kier molecular flexibility index (Phi) is 8.06. The summed E-state index contributed by atoms with van der Waals surface area (Å²) in [6.07, 6.45) is 11.7. The molecule has 0 aromatic carbocycles. The van der Waals surface area contributed by atoms with E-state index in [2.05, 4.69) is 12.2 Å². The number of nitrogens with one attached hydrogen (secondary N) is 1. The zero-order valence-corrected chi connectivity index (χ0v) is 12.2. The van der Waals surface area contributed by atoms with E-state index < -0.39 is 0 Å². The molecule has 0 spiro atoms. The van der Waals surface area contributed by atoms with Gasteiger partial charge in [0.25, 0.3) is 0 Å². The fourth-order valence-corrected chi connectivity index (χ4v) is 2.55. The maximum Gasteiger partial charge on any atom is 0.239 e. The molecule has 0 aromatic heterocycles. The smallest absolute Gasteiger partial charge is 0.239 e. The summed E-state index contributed by atoms with van der Waals surface area (Å²) in [7, 11) is 1.89. The Morgan fingerprint density at radius 1 is 1.11 bits per heavy atom. The first-order valence-corrected chi connectivity index (χ1v) is 7.74. The van der Waals surface area contributed by atoms with Crippen LogP contribution < -0.4 is 5.32 Å². The van der Waals surface area contributed by atoms with E-state index >= 15 is 0 Å². The molecule has 0 aliphatic carbocycles. The highest BCUT2D eigenvalue weighted by atomic mass is 16.2. The Labute approximate surface area is 112 Å². The summed E-state index contributed by atoms with van der Waals surface area (Å²) in [4.78, 5) is 13.5. The van der Waals surface area contributed by atoms with E-state index in [0.717, 1.165) is 19.5 Å². The SMILES string of the molecule is CCCCCCCCCCNC1CCN(C)C1=O. The van der Waals surface area contributed by atoms with E-state index in [4.69, 9.17) is 0 Å². The summed E-state index contributed by atoms with van der Waals surface area (Å²) in [5.74, 6) is 0.273. The molecule has 1 N–H and O–H groups in total. The van der Waals surface area contributed by atoms with Crippen LogP contribution in [0.15, 0.2) is 0 Å². The van der Waals surface area contributed by atoms with Crippen LogP contribution in [0.3, 0.4) is 0 Å². The predicted octanol–water partition coefficient (Wildman–Crippen LogP) is 2.95. The van der Waals surface area contributed by atoms with Crippen molar-refractivity contribution in [1.82, 2.24) is 10.2 Å². The van der Waals surface area contributed by atoms with Crippen LogP contribution >= 0.6 is 0 Å². The Morgan fingerprint density at radius 3 is 2.28 bits per heavy atom. The summed E-state index contributed by atoms with van der Waals surface area (Å²) in [6.45, 7) is 4.17. The van der Waals surface area contributed by atoms with Crippen LogP contribution in [0.2, 0.25) is 0 Å². The number of amides is 1. The van der Waals surface area contributed by atoms with Gasteiger partial charge >= 0.3 is 0 Å². The summed E-state index contributed by atoms with van der Waals surface area (Å²) >= 11 is 0. The van der Waals surface area contributed by atoms with E-state index in [1.54, 1.807) is 0 Å². The molecule has 106 valence electrons. The molecule has 1 aliphatic rings. The second-order valence-electron chi connectivity index (χ2n) is 5.53. The van der Waals surface area contributed by atoms with E-state index in [1.807, 2.05) is 11.9 Å². The third-order valence-corrected chi connectivity index (χ3v) is 3.85. The standard InChI is InChI=1S/C15H30N2O/c1-3-4-5-6-7-8-9-10-12-16-14-11-13-17(2)15(14)18/h14,16H,3-13H2,1-2H3. The molecule has 1 saturated heterocycles. The van der Waals surface area contributed by atoms with Gasteiger partial charge in [-0.1, -0.05) is 51.9 Å². The minimum Gasteiger partial charge on any atom is -0.344 e. The Balaban J connectivity index is 1.86. The molecule has 1 unspecified atom stereocenters. The summed E-state index contributed by atoms with van der Waals surface area (Å²) in [6, 6.07) is 0.0968. The molecule has 1 amide bonds. The van der Waals surface area contributed by atoms with Crippen molar-refractivity contribution >= 4 is 5.91 Å². The minimum absolute atomic E-state index is 0.0968. The first-order valence-electron chi connectivity index (χ1n) is 7.74. The lowest BCUT2D eigenvalue weighted by Crippen LogP contribution is -2.37. The topological polar surface area (TPSA) is 32.3 Å². The first-order chi connectivity index (χ1) is 8.75. The quantitative estimate of drug-likeness (QED) is 0.608. The number of hydrogen-bond donors (Lipinski definition) is 1. The van der Waals surface area contributed by atoms with Crippen molar-refractivity contribution < 1.29 is 4.79 Å². The lowest BCUT2D eigenvalue weighted by Gasteiger charge is -2.11. The second-order valence-corrected chi connectivity index (χ2v) is 5.53. The van der Waals surface area contributed by atoms with Gasteiger partial charge in [0.1, 0.15) is 0 Å². The molecule has 0 saturated carbocycles. The fraction of sp³-hybridized carbons (Fsp3) is 0.933. The number of carbonyl (C=O) groups excluding carboxylic acids is 1. The van der Waals surface area contributed by atoms with Crippen LogP contribution in [-0.4, -0.2) is 37.0 Å². The van der Waals surface area contributed by atoms with Gasteiger partial charge in [-0.15, -0.1) is 0 Å². The second kappa shape index (κ2) is 9.37. The van der Waals surface area contributed by atoms with Crippen molar-refractivity contribution in [3.8, 4) is 0 Å². The van der Waals surface area contributed by atoms with Crippen LogP contribution in [0, 0.1) is 0 Å². The molecule has 1 fully saturated rings. The van der Waals surface area contributed by atoms with E-state index in [1.165, 1.54) is 51.4 Å². The van der Waals surface area contributed by atoms with Crippen LogP contribution in [0.4, 0.5) is 0 Å². The van der Waals surface area contributed by atoms with E-state index in [0.29, 0.717) is 0 Å². The molecule has 1 rings (SSSR count). The molecule has 3 nitrogen and oxygen atoms in total. The Morgan fingerprint density at radius 2 is 1.72 bits per heavy atom. The Bertz CT molecular complexity index is 231. The van der Waals surface area contributed by atoms with Gasteiger partial charge in [-0.05, 0) is 19.4 Å². The summed E-state index contributed by atoms with van der Waals surface area (Å²) in [5, 5.41) is 3.38. The number of unbranched alkanes of at least 4 members (excludes halogenated alkanes) is 7. The van der Waals surface area contributed by atoms with Crippen molar-refractivity contribution in [2.75, 3.05) is 20.1 Å². The molecule has 3 heteroatoms. The number of hydrogen-bond acceptors (Lipinski definition) is 2. The number of likely N-dealkylation sites (tertiary alicyclic amines) is 1. The van der Waals surface area contributed by atoms with Gasteiger partial charge in [0.15, 0.2) is 0 Å². The van der Waals surface area contributed by atoms with E-state index in [-0.39, 0.29) is 11.9 Å². The van der Waals surface area contributed by atoms with Gasteiger partial charge in [-0.2, -0.15) is 0 Å². The zero-order valence-electron chi connectivity index (χ0n) is 12.2. The zero-order chi connectivity index (χ0) is 13.2. The van der Waals surface area contributed by atoms with Crippen molar-refractivity contribution in [3.63, 3.8) is 0 Å². The highest BCUT2D eigenvalue weighted by Gasteiger charge is 2.27. The number of likely N-dealkylation sites (N-methyl/N-ethyl adjacent to an activating group) is 1. The summed E-state index contributed by atoms with van der Waals surface area (Å²) in [5.41, 5.74) is 0. The summed E-state index contributed by atoms with van der Waals surface area (Å²) < 4.78 is 0. The molecule has 18 heavy (non-hydrogen) atoms. The molecule has 1 aliphatic heterocycles. The lowest BCUT2D eigenvalue weighted by molar-refractivity contribution is -0.128. The molecule has 0 aromatic rings. The lowest BCUT2D eigenvalue weighted by atomic mass is 10.1. The minimum atomic E-state index is 0.0968. The molecular weight excluding hydrogens is 224 g/mol.